The Kier molecular flexibility index (Phi) is 6.95. The molecule has 0 bridgehead atoms. The number of nitrogens with zero attached hydrogens (tertiary/aromatic N) is 3. The highest BCUT2D eigenvalue weighted by Gasteiger charge is 2.29. The molecule has 6 nitrogen and oxygen atoms in total. The maximum atomic E-state index is 13.7. The number of anilines is 1. The monoisotopic (exact) mass is 459 g/mol. The van der Waals surface area contributed by atoms with Gasteiger partial charge < -0.3 is 19.1 Å². The molecule has 0 N–H and O–H groups in total. The van der Waals surface area contributed by atoms with Gasteiger partial charge in [-0.25, -0.2) is 0 Å². The fraction of sp³-hybridized carbons (Fsp3) is 0.429. The molecule has 1 amide bonds. The normalized spacial score (nSPS) is 18.3. The standard InChI is InChI=1S/C28H33N3O3/c1-21-12-14-23(15-13-21)27(32)31(19-24-11-8-18-33-24)20-25-26(22-9-4-2-5-10-22)29-34-28(25)30-16-6-3-7-17-30/h2,4-5,9-10,12-15,24H,3,6-8,11,16-20H2,1H3. The summed E-state index contributed by atoms with van der Waals surface area (Å²) in [7, 11) is 0. The lowest BCUT2D eigenvalue weighted by molar-refractivity contribution is 0.0507. The molecule has 1 unspecified atom stereocenters. The van der Waals surface area contributed by atoms with E-state index in [9.17, 15) is 4.79 Å². The number of piperidine rings is 1. The molecule has 34 heavy (non-hydrogen) atoms. The van der Waals surface area contributed by atoms with Crippen molar-refractivity contribution in [2.75, 3.05) is 31.1 Å². The van der Waals surface area contributed by atoms with Gasteiger partial charge in [-0.05, 0) is 51.2 Å². The summed E-state index contributed by atoms with van der Waals surface area (Å²) in [5, 5.41) is 4.50. The van der Waals surface area contributed by atoms with Crippen LogP contribution in [0.4, 0.5) is 5.88 Å². The highest BCUT2D eigenvalue weighted by molar-refractivity contribution is 5.94. The van der Waals surface area contributed by atoms with E-state index >= 15 is 0 Å². The minimum atomic E-state index is 0.0142. The quantitative estimate of drug-likeness (QED) is 0.469. The molecule has 2 aliphatic rings. The van der Waals surface area contributed by atoms with Gasteiger partial charge in [0, 0.05) is 37.4 Å². The maximum Gasteiger partial charge on any atom is 0.254 e. The fourth-order valence-electron chi connectivity index (χ4n) is 4.93. The third-order valence-electron chi connectivity index (χ3n) is 6.84. The van der Waals surface area contributed by atoms with Crippen LogP contribution in [0.3, 0.4) is 0 Å². The van der Waals surface area contributed by atoms with Gasteiger partial charge in [-0.3, -0.25) is 4.79 Å². The molecule has 5 rings (SSSR count). The average molecular weight is 460 g/mol. The van der Waals surface area contributed by atoms with E-state index in [0.717, 1.165) is 73.6 Å². The summed E-state index contributed by atoms with van der Waals surface area (Å²) in [6.07, 6.45) is 5.60. The van der Waals surface area contributed by atoms with E-state index in [-0.39, 0.29) is 12.0 Å². The molecular weight excluding hydrogens is 426 g/mol. The molecule has 2 fully saturated rings. The number of amides is 1. The fourth-order valence-corrected chi connectivity index (χ4v) is 4.93. The van der Waals surface area contributed by atoms with Crippen LogP contribution in [0.1, 0.15) is 53.6 Å². The summed E-state index contributed by atoms with van der Waals surface area (Å²) in [5.41, 5.74) is 4.63. The number of ether oxygens (including phenoxy) is 1. The summed E-state index contributed by atoms with van der Waals surface area (Å²) < 4.78 is 11.9. The predicted octanol–water partition coefficient (Wildman–Crippen LogP) is 5.46. The third kappa shape index (κ3) is 5.02. The van der Waals surface area contributed by atoms with Gasteiger partial charge in [-0.2, -0.15) is 0 Å². The van der Waals surface area contributed by atoms with Crippen molar-refractivity contribution in [3.8, 4) is 11.3 Å². The van der Waals surface area contributed by atoms with Crippen LogP contribution in [-0.4, -0.2) is 48.3 Å². The lowest BCUT2D eigenvalue weighted by Crippen LogP contribution is -2.38. The van der Waals surface area contributed by atoms with Crippen LogP contribution in [0.15, 0.2) is 59.1 Å². The van der Waals surface area contributed by atoms with E-state index in [1.807, 2.05) is 66.4 Å². The molecule has 178 valence electrons. The number of rotatable bonds is 7. The highest BCUT2D eigenvalue weighted by Crippen LogP contribution is 2.34. The maximum absolute atomic E-state index is 13.7. The summed E-state index contributed by atoms with van der Waals surface area (Å²) in [6.45, 7) is 5.70. The van der Waals surface area contributed by atoms with Gasteiger partial charge >= 0.3 is 0 Å². The second kappa shape index (κ2) is 10.4. The van der Waals surface area contributed by atoms with E-state index in [4.69, 9.17) is 9.26 Å². The Morgan fingerprint density at radius 1 is 1.03 bits per heavy atom. The molecule has 2 saturated heterocycles. The first-order chi connectivity index (χ1) is 16.7. The lowest BCUT2D eigenvalue weighted by Gasteiger charge is -2.29. The first kappa shape index (κ1) is 22.7. The van der Waals surface area contributed by atoms with Crippen molar-refractivity contribution in [1.82, 2.24) is 10.1 Å². The van der Waals surface area contributed by atoms with Crippen molar-refractivity contribution in [1.29, 1.82) is 0 Å². The van der Waals surface area contributed by atoms with E-state index in [1.54, 1.807) is 0 Å². The number of benzene rings is 2. The molecule has 6 heteroatoms. The van der Waals surface area contributed by atoms with Crippen molar-refractivity contribution in [2.45, 2.75) is 51.7 Å². The van der Waals surface area contributed by atoms with Crippen LogP contribution in [0.25, 0.3) is 11.3 Å². The predicted molar refractivity (Wildman–Crippen MR) is 133 cm³/mol. The summed E-state index contributed by atoms with van der Waals surface area (Å²) >= 11 is 0. The van der Waals surface area contributed by atoms with Gasteiger partial charge in [0.2, 0.25) is 5.88 Å². The van der Waals surface area contributed by atoms with Crippen LogP contribution >= 0.6 is 0 Å². The number of hydrogen-bond donors (Lipinski definition) is 0. The van der Waals surface area contributed by atoms with Crippen molar-refractivity contribution in [3.63, 3.8) is 0 Å². The van der Waals surface area contributed by atoms with Crippen molar-refractivity contribution in [2.24, 2.45) is 0 Å². The molecule has 0 radical (unpaired) electrons. The average Bonchev–Trinajstić information content (AvgIpc) is 3.55. The zero-order valence-corrected chi connectivity index (χ0v) is 19.9. The van der Waals surface area contributed by atoms with Crippen molar-refractivity contribution in [3.05, 3.63) is 71.3 Å². The van der Waals surface area contributed by atoms with Gasteiger partial charge in [0.05, 0.1) is 18.2 Å². The van der Waals surface area contributed by atoms with Crippen LogP contribution in [-0.2, 0) is 11.3 Å². The van der Waals surface area contributed by atoms with Crippen LogP contribution in [0.2, 0.25) is 0 Å². The smallest absolute Gasteiger partial charge is 0.254 e. The highest BCUT2D eigenvalue weighted by atomic mass is 16.5. The topological polar surface area (TPSA) is 58.8 Å². The van der Waals surface area contributed by atoms with E-state index < -0.39 is 0 Å². The first-order valence-corrected chi connectivity index (χ1v) is 12.5. The molecule has 0 spiro atoms. The SMILES string of the molecule is Cc1ccc(C(=O)N(Cc2c(-c3ccccc3)noc2N2CCCCC2)CC2CCCO2)cc1. The zero-order chi connectivity index (χ0) is 23.3. The Balaban J connectivity index is 1.51. The summed E-state index contributed by atoms with van der Waals surface area (Å²) in [5.74, 6) is 0.813. The van der Waals surface area contributed by atoms with Crippen molar-refractivity contribution >= 4 is 11.8 Å². The van der Waals surface area contributed by atoms with Gasteiger partial charge in [0.25, 0.3) is 5.91 Å². The largest absolute Gasteiger partial charge is 0.376 e. The molecule has 0 saturated carbocycles. The van der Waals surface area contributed by atoms with Gasteiger partial charge in [-0.1, -0.05) is 53.2 Å². The number of carbonyl (C=O) groups excluding carboxylic acids is 1. The Bertz CT molecular complexity index is 1080. The minimum Gasteiger partial charge on any atom is -0.376 e. The molecule has 1 aromatic heterocycles. The molecular formula is C28H33N3O3. The van der Waals surface area contributed by atoms with E-state index in [1.165, 1.54) is 6.42 Å². The molecule has 3 aromatic rings. The van der Waals surface area contributed by atoms with Crippen molar-refractivity contribution < 1.29 is 14.1 Å². The second-order valence-electron chi connectivity index (χ2n) is 9.42. The number of hydrogen-bond acceptors (Lipinski definition) is 5. The number of aromatic nitrogens is 1. The number of carbonyl (C=O) groups is 1. The molecule has 1 atom stereocenters. The molecule has 2 aliphatic heterocycles. The summed E-state index contributed by atoms with van der Waals surface area (Å²) in [6, 6.07) is 17.9. The Morgan fingerprint density at radius 3 is 2.50 bits per heavy atom. The Hall–Kier alpha value is -3.12. The van der Waals surface area contributed by atoms with Gasteiger partial charge in [0.1, 0.15) is 5.69 Å². The molecule has 2 aromatic carbocycles. The van der Waals surface area contributed by atoms with Crippen LogP contribution in [0, 0.1) is 6.92 Å². The van der Waals surface area contributed by atoms with E-state index in [2.05, 4.69) is 10.1 Å². The molecule has 0 aliphatic carbocycles. The summed E-state index contributed by atoms with van der Waals surface area (Å²) in [4.78, 5) is 17.9. The third-order valence-corrected chi connectivity index (χ3v) is 6.84. The number of aryl methyl sites for hydroxylation is 1. The Labute approximate surface area is 201 Å². The van der Waals surface area contributed by atoms with Gasteiger partial charge in [-0.15, -0.1) is 0 Å². The van der Waals surface area contributed by atoms with Crippen LogP contribution in [0.5, 0.6) is 0 Å². The lowest BCUT2D eigenvalue weighted by atomic mass is 10.0. The zero-order valence-electron chi connectivity index (χ0n) is 19.9. The van der Waals surface area contributed by atoms with Crippen LogP contribution < -0.4 is 4.90 Å². The second-order valence-corrected chi connectivity index (χ2v) is 9.42. The van der Waals surface area contributed by atoms with Gasteiger partial charge in [0.15, 0.2) is 0 Å². The first-order valence-electron chi connectivity index (χ1n) is 12.5. The minimum absolute atomic E-state index is 0.0142. The Morgan fingerprint density at radius 2 is 1.79 bits per heavy atom. The molecule has 3 heterocycles. The van der Waals surface area contributed by atoms with E-state index in [0.29, 0.717) is 18.7 Å².